The van der Waals surface area contributed by atoms with E-state index >= 15 is 0 Å². The van der Waals surface area contributed by atoms with Crippen molar-refractivity contribution in [3.63, 3.8) is 0 Å². The van der Waals surface area contributed by atoms with Crippen molar-refractivity contribution in [1.82, 2.24) is 15.0 Å². The third-order valence-electron chi connectivity index (χ3n) is 5.27. The van der Waals surface area contributed by atoms with Gasteiger partial charge in [-0.3, -0.25) is 4.98 Å². The lowest BCUT2D eigenvalue weighted by Gasteiger charge is -2.21. The molecule has 0 radical (unpaired) electrons. The summed E-state index contributed by atoms with van der Waals surface area (Å²) in [7, 11) is 0. The minimum atomic E-state index is -0.384. The number of benzene rings is 2. The summed E-state index contributed by atoms with van der Waals surface area (Å²) in [6, 6.07) is 18.0. The van der Waals surface area contributed by atoms with Gasteiger partial charge in [-0.25, -0.2) is 4.79 Å². The molecule has 31 heavy (non-hydrogen) atoms. The van der Waals surface area contributed by atoms with Crippen molar-refractivity contribution < 1.29 is 4.74 Å². The van der Waals surface area contributed by atoms with E-state index in [2.05, 4.69) is 59.0 Å². The molecule has 4 aromatic rings. The van der Waals surface area contributed by atoms with Gasteiger partial charge >= 0.3 is 5.69 Å². The lowest BCUT2D eigenvalue weighted by atomic mass is 9.86. The van der Waals surface area contributed by atoms with Gasteiger partial charge in [0.15, 0.2) is 0 Å². The Hall–Kier alpha value is -3.91. The van der Waals surface area contributed by atoms with Gasteiger partial charge in [0.05, 0.1) is 17.6 Å². The first-order chi connectivity index (χ1) is 15.1. The molecule has 0 fully saturated rings. The summed E-state index contributed by atoms with van der Waals surface area (Å²) in [6.07, 6.45) is 8.75. The van der Waals surface area contributed by atoms with Crippen LogP contribution in [0.5, 0.6) is 5.75 Å². The van der Waals surface area contributed by atoms with Crippen molar-refractivity contribution >= 4 is 10.9 Å². The monoisotopic (exact) mass is 409 g/mol. The maximum Gasteiger partial charge on any atom is 0.345 e. The van der Waals surface area contributed by atoms with Crippen LogP contribution in [0.4, 0.5) is 0 Å². The minimum absolute atomic E-state index is 0.161. The Kier molecular flexibility index (Phi) is 5.81. The van der Waals surface area contributed by atoms with Gasteiger partial charge in [-0.1, -0.05) is 62.2 Å². The third kappa shape index (κ3) is 4.34. The number of terminal acetylenes is 1. The molecule has 5 heteroatoms. The highest BCUT2D eigenvalue weighted by Crippen LogP contribution is 2.35. The molecule has 2 aromatic carbocycles. The molecule has 5 nitrogen and oxygen atoms in total. The van der Waals surface area contributed by atoms with Gasteiger partial charge in [-0.2, -0.15) is 4.98 Å². The van der Waals surface area contributed by atoms with Gasteiger partial charge in [0.1, 0.15) is 12.4 Å². The number of fused-ring (bicyclic) bond motifs is 1. The predicted octanol–water partition coefficient (Wildman–Crippen LogP) is 4.63. The van der Waals surface area contributed by atoms with Crippen LogP contribution in [-0.4, -0.2) is 21.6 Å². The first kappa shape index (κ1) is 20.4. The van der Waals surface area contributed by atoms with Crippen molar-refractivity contribution in [1.29, 1.82) is 0 Å². The zero-order chi connectivity index (χ0) is 21.8. The molecule has 2 heterocycles. The smallest absolute Gasteiger partial charge is 0.345 e. The number of hydrogen-bond acceptors (Lipinski definition) is 4. The second-order valence-corrected chi connectivity index (χ2v) is 7.67. The number of rotatable bonds is 6. The first-order valence-corrected chi connectivity index (χ1v) is 10.2. The summed E-state index contributed by atoms with van der Waals surface area (Å²) in [5.41, 5.74) is 4.21. The Bertz CT molecular complexity index is 1300. The molecule has 1 N–H and O–H groups in total. The summed E-state index contributed by atoms with van der Waals surface area (Å²) in [5.74, 6) is 3.22. The molecule has 0 aliphatic heterocycles. The molecule has 0 spiro atoms. The Balaban J connectivity index is 1.93. The van der Waals surface area contributed by atoms with Crippen LogP contribution in [0.2, 0.25) is 0 Å². The largest absolute Gasteiger partial charge is 0.479 e. The fourth-order valence-corrected chi connectivity index (χ4v) is 3.74. The fraction of sp³-hybridized carbons (Fsp3) is 0.192. The number of hydrogen-bond donors (Lipinski definition) is 1. The lowest BCUT2D eigenvalue weighted by molar-refractivity contribution is 0.368. The SMILES string of the molecule is C#CCOc1cncc(C(c2ccc(C(C)C)cc2)c2[nH]c(=O)nc3ccccc23)c1. The normalized spacial score (nSPS) is 11.9. The Morgan fingerprint density at radius 1 is 1.03 bits per heavy atom. The van der Waals surface area contributed by atoms with Crippen molar-refractivity contribution in [2.75, 3.05) is 6.61 Å². The number of para-hydroxylation sites is 1. The van der Waals surface area contributed by atoms with Crippen molar-refractivity contribution in [2.45, 2.75) is 25.7 Å². The van der Waals surface area contributed by atoms with Crippen molar-refractivity contribution in [2.24, 2.45) is 0 Å². The molecule has 1 unspecified atom stereocenters. The van der Waals surface area contributed by atoms with Gasteiger partial charge in [-0.15, -0.1) is 6.42 Å². The molecule has 0 saturated heterocycles. The Labute approximate surface area is 181 Å². The first-order valence-electron chi connectivity index (χ1n) is 10.2. The van der Waals surface area contributed by atoms with E-state index in [4.69, 9.17) is 11.2 Å². The molecule has 4 rings (SSSR count). The maximum absolute atomic E-state index is 12.4. The van der Waals surface area contributed by atoms with E-state index in [1.807, 2.05) is 30.3 Å². The molecule has 1 atom stereocenters. The van der Waals surface area contributed by atoms with Crippen LogP contribution in [0.1, 0.15) is 48.1 Å². The molecular formula is C26H23N3O2. The van der Waals surface area contributed by atoms with E-state index in [1.54, 1.807) is 12.4 Å². The standard InChI is InChI=1S/C26H23N3O2/c1-4-13-31-21-14-20(15-27-16-21)24(19-11-9-18(10-12-19)17(2)3)25-22-7-5-6-8-23(22)28-26(30)29-25/h1,5-12,14-17,24H,13H2,2-3H3,(H,28,29,30). The van der Waals surface area contributed by atoms with E-state index in [0.717, 1.165) is 22.2 Å². The molecular weight excluding hydrogens is 386 g/mol. The van der Waals surface area contributed by atoms with Crippen LogP contribution < -0.4 is 10.4 Å². The molecule has 154 valence electrons. The van der Waals surface area contributed by atoms with E-state index in [0.29, 0.717) is 17.2 Å². The average molecular weight is 409 g/mol. The van der Waals surface area contributed by atoms with Gasteiger partial charge < -0.3 is 9.72 Å². The van der Waals surface area contributed by atoms with Gasteiger partial charge in [-0.05, 0) is 34.7 Å². The molecule has 0 saturated carbocycles. The maximum atomic E-state index is 12.4. The van der Waals surface area contributed by atoms with Crippen LogP contribution in [-0.2, 0) is 0 Å². The number of aromatic nitrogens is 3. The summed E-state index contributed by atoms with van der Waals surface area (Å²) >= 11 is 0. The van der Waals surface area contributed by atoms with Crippen molar-refractivity contribution in [3.05, 3.63) is 99.9 Å². The molecule has 0 amide bonds. The highest BCUT2D eigenvalue weighted by Gasteiger charge is 2.22. The van der Waals surface area contributed by atoms with Crippen LogP contribution in [0.15, 0.2) is 71.8 Å². The van der Waals surface area contributed by atoms with E-state index in [1.165, 1.54) is 5.56 Å². The Morgan fingerprint density at radius 2 is 1.77 bits per heavy atom. The number of nitrogens with zero attached hydrogens (tertiary/aromatic N) is 2. The second-order valence-electron chi connectivity index (χ2n) is 7.67. The second kappa shape index (κ2) is 8.85. The molecule has 2 aromatic heterocycles. The van der Waals surface area contributed by atoms with Crippen LogP contribution in [0.25, 0.3) is 10.9 Å². The third-order valence-corrected chi connectivity index (χ3v) is 5.27. The van der Waals surface area contributed by atoms with E-state index in [9.17, 15) is 4.79 Å². The number of aromatic amines is 1. The number of ether oxygens (including phenoxy) is 1. The van der Waals surface area contributed by atoms with Crippen LogP contribution >= 0.6 is 0 Å². The van der Waals surface area contributed by atoms with Gasteiger partial charge in [0, 0.05) is 17.3 Å². The fourth-order valence-electron chi connectivity index (χ4n) is 3.74. The quantitative estimate of drug-likeness (QED) is 0.471. The Morgan fingerprint density at radius 3 is 2.52 bits per heavy atom. The molecule has 0 bridgehead atoms. The lowest BCUT2D eigenvalue weighted by Crippen LogP contribution is -2.17. The zero-order valence-corrected chi connectivity index (χ0v) is 17.5. The number of nitrogens with one attached hydrogen (secondary N) is 1. The summed E-state index contributed by atoms with van der Waals surface area (Å²) in [4.78, 5) is 23.9. The molecule has 0 aliphatic rings. The summed E-state index contributed by atoms with van der Waals surface area (Å²) < 4.78 is 5.60. The number of H-pyrrole nitrogens is 1. The van der Waals surface area contributed by atoms with E-state index < -0.39 is 0 Å². The van der Waals surface area contributed by atoms with Crippen LogP contribution in [0, 0.1) is 12.3 Å². The van der Waals surface area contributed by atoms with Crippen molar-refractivity contribution in [3.8, 4) is 18.1 Å². The van der Waals surface area contributed by atoms with Gasteiger partial charge in [0.25, 0.3) is 0 Å². The van der Waals surface area contributed by atoms with E-state index in [-0.39, 0.29) is 18.2 Å². The summed E-state index contributed by atoms with van der Waals surface area (Å²) in [6.45, 7) is 4.49. The number of pyridine rings is 1. The zero-order valence-electron chi connectivity index (χ0n) is 17.5. The summed E-state index contributed by atoms with van der Waals surface area (Å²) in [5, 5.41) is 0.884. The highest BCUT2D eigenvalue weighted by atomic mass is 16.5. The van der Waals surface area contributed by atoms with Crippen LogP contribution in [0.3, 0.4) is 0 Å². The van der Waals surface area contributed by atoms with Gasteiger partial charge in [0.2, 0.25) is 0 Å². The minimum Gasteiger partial charge on any atom is -0.479 e. The topological polar surface area (TPSA) is 67.9 Å². The molecule has 0 aliphatic carbocycles. The average Bonchev–Trinajstić information content (AvgIpc) is 2.78. The highest BCUT2D eigenvalue weighted by molar-refractivity contribution is 5.82. The predicted molar refractivity (Wildman–Crippen MR) is 122 cm³/mol.